The summed E-state index contributed by atoms with van der Waals surface area (Å²) in [5.41, 5.74) is 4.76. The Bertz CT molecular complexity index is 541. The van der Waals surface area contributed by atoms with Gasteiger partial charge in [0, 0.05) is 0 Å². The molecule has 0 radical (unpaired) electrons. The first-order valence-corrected chi connectivity index (χ1v) is 6.89. The molecule has 0 N–H and O–H groups in total. The van der Waals surface area contributed by atoms with Gasteiger partial charge < -0.3 is 0 Å². The van der Waals surface area contributed by atoms with E-state index in [9.17, 15) is 4.39 Å². The second-order valence-corrected chi connectivity index (χ2v) is 5.63. The average Bonchev–Trinajstić information content (AvgIpc) is 2.37. The van der Waals surface area contributed by atoms with Crippen molar-refractivity contribution in [2.75, 3.05) is 0 Å². The summed E-state index contributed by atoms with van der Waals surface area (Å²) in [6.07, 6.45) is 0. The lowest BCUT2D eigenvalue weighted by molar-refractivity contribution is 0.628. The fraction of sp³-hybridized carbons (Fsp3) is 0.333. The number of benzene rings is 2. The molecule has 2 aromatic rings. The van der Waals surface area contributed by atoms with Gasteiger partial charge in [-0.1, -0.05) is 58.0 Å². The van der Waals surface area contributed by atoms with Crippen LogP contribution in [0.3, 0.4) is 0 Å². The molecule has 0 aliphatic carbocycles. The number of halogens is 1. The molecule has 0 saturated carbocycles. The maximum atomic E-state index is 13.5. The highest BCUT2D eigenvalue weighted by Gasteiger charge is 2.15. The zero-order chi connectivity index (χ0) is 14.0. The van der Waals surface area contributed by atoms with Crippen LogP contribution in [-0.4, -0.2) is 0 Å². The zero-order valence-electron chi connectivity index (χ0n) is 12.1. The first-order valence-electron chi connectivity index (χ1n) is 6.89. The van der Waals surface area contributed by atoms with Crippen molar-refractivity contribution in [1.82, 2.24) is 0 Å². The Labute approximate surface area is 115 Å². The van der Waals surface area contributed by atoms with Gasteiger partial charge in [-0.2, -0.15) is 0 Å². The fourth-order valence-electron chi connectivity index (χ4n) is 2.53. The summed E-state index contributed by atoms with van der Waals surface area (Å²) in [5, 5.41) is 0. The van der Waals surface area contributed by atoms with Crippen LogP contribution < -0.4 is 0 Å². The van der Waals surface area contributed by atoms with Crippen LogP contribution in [-0.2, 0) is 0 Å². The van der Waals surface area contributed by atoms with Gasteiger partial charge in [0.25, 0.3) is 0 Å². The fourth-order valence-corrected chi connectivity index (χ4v) is 2.53. The van der Waals surface area contributed by atoms with E-state index in [1.165, 1.54) is 22.8 Å². The molecule has 0 amide bonds. The first-order chi connectivity index (χ1) is 9.00. The van der Waals surface area contributed by atoms with Gasteiger partial charge >= 0.3 is 0 Å². The molecule has 0 bridgehead atoms. The van der Waals surface area contributed by atoms with E-state index in [-0.39, 0.29) is 5.82 Å². The van der Waals surface area contributed by atoms with Crippen LogP contribution >= 0.6 is 0 Å². The second kappa shape index (κ2) is 5.56. The Kier molecular flexibility index (Phi) is 4.04. The van der Waals surface area contributed by atoms with E-state index in [2.05, 4.69) is 45.9 Å². The van der Waals surface area contributed by atoms with E-state index in [0.717, 1.165) is 5.56 Å². The Balaban J connectivity index is 2.71. The maximum Gasteiger partial charge on any atom is 0.123 e. The lowest BCUT2D eigenvalue weighted by Crippen LogP contribution is -1.99. The van der Waals surface area contributed by atoms with Gasteiger partial charge in [0.05, 0.1) is 0 Å². The van der Waals surface area contributed by atoms with Crippen molar-refractivity contribution in [2.24, 2.45) is 0 Å². The highest BCUT2D eigenvalue weighted by Crippen LogP contribution is 2.36. The summed E-state index contributed by atoms with van der Waals surface area (Å²) in [6.45, 7) is 8.73. The molecule has 2 aromatic carbocycles. The molecular formula is C18H21F. The quantitative estimate of drug-likeness (QED) is 0.657. The van der Waals surface area contributed by atoms with Crippen molar-refractivity contribution in [3.63, 3.8) is 0 Å². The molecule has 0 saturated heterocycles. The van der Waals surface area contributed by atoms with Crippen LogP contribution in [0.25, 0.3) is 11.1 Å². The van der Waals surface area contributed by atoms with E-state index >= 15 is 0 Å². The van der Waals surface area contributed by atoms with E-state index in [1.807, 2.05) is 6.07 Å². The summed E-state index contributed by atoms with van der Waals surface area (Å²) in [5.74, 6) is 0.680. The SMILES string of the molecule is CC(C)c1cccc(C(C)C)c1-c1cccc(F)c1. The molecular weight excluding hydrogens is 235 g/mol. The van der Waals surface area contributed by atoms with E-state index in [0.29, 0.717) is 11.8 Å². The minimum Gasteiger partial charge on any atom is -0.207 e. The van der Waals surface area contributed by atoms with E-state index < -0.39 is 0 Å². The largest absolute Gasteiger partial charge is 0.207 e. The van der Waals surface area contributed by atoms with Crippen LogP contribution in [0.4, 0.5) is 4.39 Å². The van der Waals surface area contributed by atoms with Gasteiger partial charge in [-0.05, 0) is 46.2 Å². The molecule has 0 aliphatic heterocycles. The molecule has 0 aromatic heterocycles. The third-order valence-electron chi connectivity index (χ3n) is 3.49. The third kappa shape index (κ3) is 2.86. The molecule has 0 nitrogen and oxygen atoms in total. The number of hydrogen-bond acceptors (Lipinski definition) is 0. The van der Waals surface area contributed by atoms with Crippen molar-refractivity contribution in [2.45, 2.75) is 39.5 Å². The van der Waals surface area contributed by atoms with Crippen LogP contribution in [0.15, 0.2) is 42.5 Å². The smallest absolute Gasteiger partial charge is 0.123 e. The molecule has 19 heavy (non-hydrogen) atoms. The molecule has 0 unspecified atom stereocenters. The Morgan fingerprint density at radius 3 is 1.79 bits per heavy atom. The molecule has 2 rings (SSSR count). The second-order valence-electron chi connectivity index (χ2n) is 5.63. The highest BCUT2D eigenvalue weighted by atomic mass is 19.1. The highest BCUT2D eigenvalue weighted by molar-refractivity contribution is 5.72. The minimum atomic E-state index is -0.175. The van der Waals surface area contributed by atoms with Gasteiger partial charge in [-0.15, -0.1) is 0 Å². The van der Waals surface area contributed by atoms with E-state index in [1.54, 1.807) is 12.1 Å². The summed E-state index contributed by atoms with van der Waals surface area (Å²) in [4.78, 5) is 0. The molecule has 100 valence electrons. The molecule has 0 spiro atoms. The first kappa shape index (κ1) is 13.8. The van der Waals surface area contributed by atoms with Gasteiger partial charge in [0.15, 0.2) is 0 Å². The van der Waals surface area contributed by atoms with Crippen LogP contribution in [0, 0.1) is 5.82 Å². The van der Waals surface area contributed by atoms with Gasteiger partial charge in [0.2, 0.25) is 0 Å². The Morgan fingerprint density at radius 1 is 0.789 bits per heavy atom. The predicted octanol–water partition coefficient (Wildman–Crippen LogP) is 5.74. The van der Waals surface area contributed by atoms with E-state index in [4.69, 9.17) is 0 Å². The van der Waals surface area contributed by atoms with Crippen molar-refractivity contribution < 1.29 is 4.39 Å². The predicted molar refractivity (Wildman–Crippen MR) is 80.0 cm³/mol. The number of hydrogen-bond donors (Lipinski definition) is 0. The van der Waals surface area contributed by atoms with Crippen molar-refractivity contribution in [1.29, 1.82) is 0 Å². The zero-order valence-corrected chi connectivity index (χ0v) is 12.1. The Morgan fingerprint density at radius 2 is 1.32 bits per heavy atom. The Hall–Kier alpha value is -1.63. The average molecular weight is 256 g/mol. The number of rotatable bonds is 3. The summed E-state index contributed by atoms with van der Waals surface area (Å²) >= 11 is 0. The summed E-state index contributed by atoms with van der Waals surface area (Å²) in [7, 11) is 0. The third-order valence-corrected chi connectivity index (χ3v) is 3.49. The van der Waals surface area contributed by atoms with Crippen LogP contribution in [0.5, 0.6) is 0 Å². The monoisotopic (exact) mass is 256 g/mol. The standard InChI is InChI=1S/C18H21F/c1-12(2)16-9-6-10-17(13(3)4)18(16)14-7-5-8-15(19)11-14/h5-13H,1-4H3. The summed E-state index contributed by atoms with van der Waals surface area (Å²) in [6, 6.07) is 13.3. The van der Waals surface area contributed by atoms with Crippen LogP contribution in [0.2, 0.25) is 0 Å². The molecule has 0 atom stereocenters. The van der Waals surface area contributed by atoms with Crippen LogP contribution in [0.1, 0.15) is 50.7 Å². The molecule has 1 heteroatoms. The van der Waals surface area contributed by atoms with Crippen molar-refractivity contribution >= 4 is 0 Å². The lowest BCUT2D eigenvalue weighted by atomic mass is 9.85. The van der Waals surface area contributed by atoms with Crippen molar-refractivity contribution in [3.05, 3.63) is 59.4 Å². The van der Waals surface area contributed by atoms with Gasteiger partial charge in [0.1, 0.15) is 5.82 Å². The van der Waals surface area contributed by atoms with Crippen molar-refractivity contribution in [3.8, 4) is 11.1 Å². The molecule has 0 heterocycles. The van der Waals surface area contributed by atoms with Gasteiger partial charge in [-0.25, -0.2) is 4.39 Å². The van der Waals surface area contributed by atoms with Gasteiger partial charge in [-0.3, -0.25) is 0 Å². The lowest BCUT2D eigenvalue weighted by Gasteiger charge is -2.20. The molecule has 0 fully saturated rings. The molecule has 0 aliphatic rings. The normalized spacial score (nSPS) is 11.3. The maximum absolute atomic E-state index is 13.5. The minimum absolute atomic E-state index is 0.175. The summed E-state index contributed by atoms with van der Waals surface area (Å²) < 4.78 is 13.5. The topological polar surface area (TPSA) is 0 Å².